The van der Waals surface area contributed by atoms with Crippen LogP contribution < -0.4 is 9.84 Å². The van der Waals surface area contributed by atoms with Crippen molar-refractivity contribution in [3.05, 3.63) is 42.6 Å². The second kappa shape index (κ2) is 12.1. The number of aliphatic hydroxyl groups is 1. The van der Waals surface area contributed by atoms with Gasteiger partial charge in [0.15, 0.2) is 0 Å². The summed E-state index contributed by atoms with van der Waals surface area (Å²) < 4.78 is 38.3. The fraction of sp³-hybridized carbons (Fsp3) is 0.529. The van der Waals surface area contributed by atoms with Crippen LogP contribution in [-0.4, -0.2) is 45.4 Å². The zero-order valence-electron chi connectivity index (χ0n) is 15.4. The molecule has 3 atom stereocenters. The molecule has 1 fully saturated rings. The molecule has 0 bridgehead atoms. The van der Waals surface area contributed by atoms with Crippen molar-refractivity contribution >= 4 is 7.82 Å². The van der Waals surface area contributed by atoms with Crippen molar-refractivity contribution in [1.82, 2.24) is 5.32 Å². The quantitative estimate of drug-likeness (QED) is 0.743. The number of methoxy groups -OCH3 is 1. The Hall–Kier alpha value is -1.41. The van der Waals surface area contributed by atoms with Crippen molar-refractivity contribution in [2.45, 2.75) is 31.8 Å². The van der Waals surface area contributed by atoms with Crippen LogP contribution in [0.25, 0.3) is 0 Å². The number of benzene rings is 1. The van der Waals surface area contributed by atoms with Crippen molar-refractivity contribution in [3.8, 4) is 5.75 Å². The molecule has 2 aliphatic rings. The lowest BCUT2D eigenvalue weighted by Gasteiger charge is -2.25. The van der Waals surface area contributed by atoms with E-state index < -0.39 is 7.82 Å². The molecule has 26 heavy (non-hydrogen) atoms. The Balaban J connectivity index is 0.000000615. The molecule has 0 saturated carbocycles. The monoisotopic (exact) mass is 389 g/mol. The van der Waals surface area contributed by atoms with Gasteiger partial charge in [-0.2, -0.15) is 0 Å². The van der Waals surface area contributed by atoms with Gasteiger partial charge in [0, 0.05) is 26.9 Å². The lowest BCUT2D eigenvalue weighted by molar-refractivity contribution is -0.000714. The Kier molecular flexibility index (Phi) is 10.5. The fourth-order valence-electron chi connectivity index (χ4n) is 2.33. The third-order valence-corrected chi connectivity index (χ3v) is 4.72. The normalized spacial score (nSPS) is 26.2. The first-order chi connectivity index (χ1) is 12.6. The highest BCUT2D eigenvalue weighted by molar-refractivity contribution is 7.49. The van der Waals surface area contributed by atoms with Gasteiger partial charge in [-0.3, -0.25) is 9.05 Å². The van der Waals surface area contributed by atoms with Gasteiger partial charge >= 0.3 is 7.82 Å². The molecule has 2 N–H and O–H groups in total. The number of hydrogen-bond acceptors (Lipinski definition) is 8. The zero-order valence-corrected chi connectivity index (χ0v) is 16.3. The summed E-state index contributed by atoms with van der Waals surface area (Å²) in [5, 5.41) is 9.99. The van der Waals surface area contributed by atoms with E-state index in [2.05, 4.69) is 16.6 Å². The lowest BCUT2D eigenvalue weighted by Crippen LogP contribution is -2.25. The van der Waals surface area contributed by atoms with Crippen molar-refractivity contribution in [1.29, 1.82) is 0 Å². The number of aliphatic hydroxyl groups excluding tert-OH is 1. The molecule has 0 aliphatic carbocycles. The van der Waals surface area contributed by atoms with Gasteiger partial charge in [0.2, 0.25) is 0 Å². The van der Waals surface area contributed by atoms with E-state index in [-0.39, 0.29) is 25.5 Å². The van der Waals surface area contributed by atoms with Crippen LogP contribution >= 0.6 is 7.82 Å². The van der Waals surface area contributed by atoms with Crippen LogP contribution in [0.5, 0.6) is 5.75 Å². The SMILES string of the molecule is C=CNC1CCC(COP2(=O)OCc3ccccc3O2)O1.CO.COC. The molecular weight excluding hydrogens is 361 g/mol. The molecule has 3 unspecified atom stereocenters. The van der Waals surface area contributed by atoms with Gasteiger partial charge in [-0.1, -0.05) is 24.8 Å². The van der Waals surface area contributed by atoms with E-state index in [4.69, 9.17) is 23.4 Å². The molecule has 1 saturated heterocycles. The summed E-state index contributed by atoms with van der Waals surface area (Å²) in [5.74, 6) is 0.547. The highest BCUT2D eigenvalue weighted by atomic mass is 31.2. The molecule has 1 aromatic carbocycles. The highest BCUT2D eigenvalue weighted by Crippen LogP contribution is 2.54. The lowest BCUT2D eigenvalue weighted by atomic mass is 10.2. The van der Waals surface area contributed by atoms with E-state index in [1.165, 1.54) is 0 Å². The number of rotatable bonds is 5. The molecule has 0 amide bonds. The predicted octanol–water partition coefficient (Wildman–Crippen LogP) is 2.83. The second-order valence-electron chi connectivity index (χ2n) is 5.32. The molecule has 148 valence electrons. The maximum Gasteiger partial charge on any atom is 0.530 e. The Morgan fingerprint density at radius 3 is 2.73 bits per heavy atom. The smallest absolute Gasteiger partial charge is 0.404 e. The minimum atomic E-state index is -3.55. The van der Waals surface area contributed by atoms with Gasteiger partial charge in [-0.25, -0.2) is 4.57 Å². The van der Waals surface area contributed by atoms with Gasteiger partial charge < -0.3 is 24.4 Å². The summed E-state index contributed by atoms with van der Waals surface area (Å²) in [7, 11) is 0.696. The summed E-state index contributed by atoms with van der Waals surface area (Å²) >= 11 is 0. The number of nitrogens with one attached hydrogen (secondary N) is 1. The van der Waals surface area contributed by atoms with Crippen LogP contribution in [0.15, 0.2) is 37.0 Å². The van der Waals surface area contributed by atoms with E-state index >= 15 is 0 Å². The molecule has 0 aromatic heterocycles. The van der Waals surface area contributed by atoms with E-state index in [1.807, 2.05) is 18.2 Å². The van der Waals surface area contributed by atoms with Crippen molar-refractivity contribution in [2.75, 3.05) is 27.9 Å². The van der Waals surface area contributed by atoms with E-state index in [9.17, 15) is 4.57 Å². The van der Waals surface area contributed by atoms with E-state index in [0.717, 1.165) is 25.5 Å². The molecule has 1 aromatic rings. The third kappa shape index (κ3) is 7.07. The van der Waals surface area contributed by atoms with Crippen LogP contribution in [0.1, 0.15) is 18.4 Å². The number of hydrogen-bond donors (Lipinski definition) is 2. The summed E-state index contributed by atoms with van der Waals surface area (Å²) in [6.07, 6.45) is 3.08. The van der Waals surface area contributed by atoms with Gasteiger partial charge in [0.05, 0.1) is 19.3 Å². The first-order valence-electron chi connectivity index (χ1n) is 8.14. The minimum absolute atomic E-state index is 0.0639. The highest BCUT2D eigenvalue weighted by Gasteiger charge is 2.36. The molecule has 8 nitrogen and oxygen atoms in total. The maximum absolute atomic E-state index is 12.4. The summed E-state index contributed by atoms with van der Waals surface area (Å²) in [5.41, 5.74) is 0.861. The van der Waals surface area contributed by atoms with Gasteiger partial charge in [0.1, 0.15) is 12.0 Å². The van der Waals surface area contributed by atoms with Crippen molar-refractivity contribution < 1.29 is 32.7 Å². The van der Waals surface area contributed by atoms with E-state index in [1.54, 1.807) is 26.5 Å². The maximum atomic E-state index is 12.4. The molecule has 0 radical (unpaired) electrons. The largest absolute Gasteiger partial charge is 0.530 e. The molecule has 2 aliphatic heterocycles. The van der Waals surface area contributed by atoms with Crippen LogP contribution in [0.4, 0.5) is 0 Å². The Morgan fingerprint density at radius 2 is 2.04 bits per heavy atom. The van der Waals surface area contributed by atoms with E-state index in [0.29, 0.717) is 5.75 Å². The van der Waals surface area contributed by atoms with Crippen LogP contribution in [0.2, 0.25) is 0 Å². The standard InChI is InChI=1S/C14H18NO5P.C2H6O.CH4O/c1-2-15-14-8-7-12(19-14)10-18-21(16)17-9-11-5-3-4-6-13(11)20-21;1-3-2;1-2/h2-6,12,14-15H,1,7-10H2;1-2H3;2H,1H3. The molecule has 2 heterocycles. The summed E-state index contributed by atoms with van der Waals surface area (Å²) in [6, 6.07) is 7.32. The fourth-order valence-corrected chi connectivity index (χ4v) is 3.57. The number of fused-ring (bicyclic) bond motifs is 1. The summed E-state index contributed by atoms with van der Waals surface area (Å²) in [6.45, 7) is 3.99. The molecular formula is C17H28NO7P. The first-order valence-corrected chi connectivity index (χ1v) is 9.60. The Bertz CT molecular complexity index is 584. The zero-order chi connectivity index (χ0) is 19.4. The summed E-state index contributed by atoms with van der Waals surface area (Å²) in [4.78, 5) is 0. The number of phosphoric ester groups is 1. The first kappa shape index (κ1) is 22.6. The minimum Gasteiger partial charge on any atom is -0.404 e. The van der Waals surface area contributed by atoms with Crippen molar-refractivity contribution in [2.24, 2.45) is 0 Å². The van der Waals surface area contributed by atoms with Gasteiger partial charge in [-0.05, 0) is 25.1 Å². The number of ether oxygens (including phenoxy) is 2. The number of para-hydroxylation sites is 1. The second-order valence-corrected chi connectivity index (χ2v) is 6.91. The predicted molar refractivity (Wildman–Crippen MR) is 97.7 cm³/mol. The van der Waals surface area contributed by atoms with Gasteiger partial charge in [0.25, 0.3) is 0 Å². The Morgan fingerprint density at radius 1 is 1.35 bits per heavy atom. The third-order valence-electron chi connectivity index (χ3n) is 3.39. The topological polar surface area (TPSA) is 95.5 Å². The molecule has 3 rings (SSSR count). The van der Waals surface area contributed by atoms with Crippen LogP contribution in [0.3, 0.4) is 0 Å². The average Bonchev–Trinajstić information content (AvgIpc) is 3.10. The van der Waals surface area contributed by atoms with Crippen LogP contribution in [0, 0.1) is 0 Å². The Labute approximate surface area is 154 Å². The number of phosphoric acid groups is 1. The van der Waals surface area contributed by atoms with Crippen molar-refractivity contribution in [3.63, 3.8) is 0 Å². The molecule has 0 spiro atoms. The van der Waals surface area contributed by atoms with Gasteiger partial charge in [-0.15, -0.1) is 0 Å². The van der Waals surface area contributed by atoms with Crippen LogP contribution in [-0.2, 0) is 29.7 Å². The average molecular weight is 389 g/mol. The molecule has 9 heteroatoms.